The number of fused-ring (bicyclic) bond motifs is 1. The van der Waals surface area contributed by atoms with E-state index >= 15 is 0 Å². The minimum atomic E-state index is -0.740. The van der Waals surface area contributed by atoms with E-state index in [9.17, 15) is 9.59 Å². The molecule has 0 aromatic heterocycles. The van der Waals surface area contributed by atoms with Crippen LogP contribution < -0.4 is 15.0 Å². The lowest BCUT2D eigenvalue weighted by Crippen LogP contribution is -2.51. The first-order valence-electron chi connectivity index (χ1n) is 10.1. The zero-order chi connectivity index (χ0) is 20.8. The lowest BCUT2D eigenvalue weighted by Gasteiger charge is -2.34. The fraction of sp³-hybridized carbons (Fsp3) is 0.200. The fourth-order valence-electron chi connectivity index (χ4n) is 3.56. The molecule has 0 saturated carbocycles. The van der Waals surface area contributed by atoms with E-state index in [1.807, 2.05) is 78.9 Å². The van der Waals surface area contributed by atoms with Gasteiger partial charge in [-0.1, -0.05) is 72.8 Å². The van der Waals surface area contributed by atoms with Crippen LogP contribution in [0.15, 0.2) is 84.9 Å². The lowest BCUT2D eigenvalue weighted by atomic mass is 10.1. The topological polar surface area (TPSA) is 58.6 Å². The first kappa shape index (κ1) is 19.7. The maximum absolute atomic E-state index is 13.0. The number of rotatable bonds is 6. The van der Waals surface area contributed by atoms with Crippen LogP contribution in [0.1, 0.15) is 11.1 Å². The number of benzene rings is 3. The highest BCUT2D eigenvalue weighted by molar-refractivity contribution is 5.98. The first-order valence-corrected chi connectivity index (χ1v) is 10.1. The van der Waals surface area contributed by atoms with Crippen molar-refractivity contribution in [2.24, 2.45) is 0 Å². The quantitative estimate of drug-likeness (QED) is 0.690. The molecule has 152 valence electrons. The van der Waals surface area contributed by atoms with E-state index in [1.54, 1.807) is 11.0 Å². The van der Waals surface area contributed by atoms with Crippen LogP contribution >= 0.6 is 0 Å². The van der Waals surface area contributed by atoms with Crippen molar-refractivity contribution in [3.63, 3.8) is 0 Å². The Morgan fingerprint density at radius 2 is 1.50 bits per heavy atom. The van der Waals surface area contributed by atoms with Crippen LogP contribution in [-0.2, 0) is 22.4 Å². The predicted octanol–water partition coefficient (Wildman–Crippen LogP) is 3.38. The monoisotopic (exact) mass is 400 g/mol. The summed E-state index contributed by atoms with van der Waals surface area (Å²) in [5.41, 5.74) is 2.80. The molecule has 0 saturated heterocycles. The highest BCUT2D eigenvalue weighted by Crippen LogP contribution is 2.33. The molecule has 2 amide bonds. The Bertz CT molecular complexity index is 1010. The van der Waals surface area contributed by atoms with Crippen molar-refractivity contribution in [2.45, 2.75) is 18.9 Å². The van der Waals surface area contributed by atoms with Crippen molar-refractivity contribution in [3.8, 4) is 5.75 Å². The van der Waals surface area contributed by atoms with Crippen LogP contribution in [0.3, 0.4) is 0 Å². The summed E-state index contributed by atoms with van der Waals surface area (Å²) >= 11 is 0. The molecule has 0 fully saturated rings. The number of hydrogen-bond acceptors (Lipinski definition) is 3. The molecule has 4 rings (SSSR count). The highest BCUT2D eigenvalue weighted by atomic mass is 16.5. The summed E-state index contributed by atoms with van der Waals surface area (Å²) in [7, 11) is 0. The molecule has 5 nitrogen and oxygen atoms in total. The van der Waals surface area contributed by atoms with E-state index in [-0.39, 0.29) is 24.8 Å². The van der Waals surface area contributed by atoms with E-state index in [0.717, 1.165) is 17.5 Å². The van der Waals surface area contributed by atoms with Crippen LogP contribution in [0.5, 0.6) is 5.75 Å². The van der Waals surface area contributed by atoms with Gasteiger partial charge in [0.1, 0.15) is 5.75 Å². The van der Waals surface area contributed by atoms with Gasteiger partial charge in [-0.25, -0.2) is 0 Å². The average Bonchev–Trinajstić information content (AvgIpc) is 2.79. The highest BCUT2D eigenvalue weighted by Gasteiger charge is 2.33. The zero-order valence-electron chi connectivity index (χ0n) is 16.7. The second kappa shape index (κ2) is 9.27. The standard InChI is InChI=1S/C25H24N2O3/c28-24(17-20-11-5-2-6-12-20)27-18-23(30-22-14-8-7-13-21(22)27)25(29)26-16-15-19-9-3-1-4-10-19/h1-14,23H,15-18H2,(H,26,29)/t23-/m1/s1. The van der Waals surface area contributed by atoms with Gasteiger partial charge in [0.2, 0.25) is 5.91 Å². The molecule has 1 aliphatic heterocycles. The van der Waals surface area contributed by atoms with Crippen molar-refractivity contribution >= 4 is 17.5 Å². The average molecular weight is 400 g/mol. The van der Waals surface area contributed by atoms with Gasteiger partial charge in [-0.05, 0) is 29.7 Å². The van der Waals surface area contributed by atoms with Gasteiger partial charge >= 0.3 is 0 Å². The molecule has 30 heavy (non-hydrogen) atoms. The van der Waals surface area contributed by atoms with E-state index < -0.39 is 6.10 Å². The first-order chi connectivity index (χ1) is 14.7. The van der Waals surface area contributed by atoms with Crippen LogP contribution in [0, 0.1) is 0 Å². The number of carbonyl (C=O) groups is 2. The van der Waals surface area contributed by atoms with E-state index in [4.69, 9.17) is 4.74 Å². The third kappa shape index (κ3) is 4.69. The molecule has 0 bridgehead atoms. The smallest absolute Gasteiger partial charge is 0.262 e. The maximum atomic E-state index is 13.0. The fourth-order valence-corrected chi connectivity index (χ4v) is 3.56. The van der Waals surface area contributed by atoms with Crippen LogP contribution in [0.4, 0.5) is 5.69 Å². The summed E-state index contributed by atoms with van der Waals surface area (Å²) in [5.74, 6) is 0.283. The number of hydrogen-bond donors (Lipinski definition) is 1. The minimum Gasteiger partial charge on any atom is -0.477 e. The number of anilines is 1. The number of amides is 2. The van der Waals surface area contributed by atoms with Crippen molar-refractivity contribution < 1.29 is 14.3 Å². The molecular weight excluding hydrogens is 376 g/mol. The van der Waals surface area contributed by atoms with Gasteiger partial charge in [-0.2, -0.15) is 0 Å². The third-order valence-electron chi connectivity index (χ3n) is 5.12. The summed E-state index contributed by atoms with van der Waals surface area (Å²) in [4.78, 5) is 27.4. The molecule has 1 atom stereocenters. The Labute approximate surface area is 176 Å². The summed E-state index contributed by atoms with van der Waals surface area (Å²) in [6.07, 6.45) is 0.278. The molecule has 3 aromatic rings. The molecule has 3 aromatic carbocycles. The van der Waals surface area contributed by atoms with E-state index in [2.05, 4.69) is 5.32 Å². The largest absolute Gasteiger partial charge is 0.477 e. The zero-order valence-corrected chi connectivity index (χ0v) is 16.7. The van der Waals surface area contributed by atoms with Crippen molar-refractivity contribution in [1.29, 1.82) is 0 Å². The molecule has 0 unspecified atom stereocenters. The molecule has 5 heteroatoms. The van der Waals surface area contributed by atoms with Gasteiger partial charge in [-0.15, -0.1) is 0 Å². The maximum Gasteiger partial charge on any atom is 0.262 e. The van der Waals surface area contributed by atoms with Gasteiger partial charge in [0.25, 0.3) is 5.91 Å². The SMILES string of the molecule is O=C(NCCc1ccccc1)[C@H]1CN(C(=O)Cc2ccccc2)c2ccccc2O1. The molecule has 1 heterocycles. The van der Waals surface area contributed by atoms with Crippen molar-refractivity contribution in [2.75, 3.05) is 18.0 Å². The molecule has 0 aliphatic carbocycles. The number of para-hydroxylation sites is 2. The Morgan fingerprint density at radius 3 is 2.23 bits per heavy atom. The number of nitrogens with one attached hydrogen (secondary N) is 1. The number of nitrogens with zero attached hydrogens (tertiary/aromatic N) is 1. The van der Waals surface area contributed by atoms with Gasteiger partial charge in [-0.3, -0.25) is 9.59 Å². The number of carbonyl (C=O) groups excluding carboxylic acids is 2. The summed E-state index contributed by atoms with van der Waals surface area (Å²) in [6.45, 7) is 0.710. The summed E-state index contributed by atoms with van der Waals surface area (Å²) < 4.78 is 5.92. The Kier molecular flexibility index (Phi) is 6.09. The van der Waals surface area contributed by atoms with Crippen LogP contribution in [0.2, 0.25) is 0 Å². The summed E-state index contributed by atoms with van der Waals surface area (Å²) in [5, 5.41) is 2.94. The predicted molar refractivity (Wildman–Crippen MR) is 117 cm³/mol. The Hall–Kier alpha value is -3.60. The van der Waals surface area contributed by atoms with Crippen LogP contribution in [0.25, 0.3) is 0 Å². The minimum absolute atomic E-state index is 0.0564. The van der Waals surface area contributed by atoms with Crippen molar-refractivity contribution in [3.05, 3.63) is 96.1 Å². The van der Waals surface area contributed by atoms with E-state index in [1.165, 1.54) is 0 Å². The second-order valence-corrected chi connectivity index (χ2v) is 7.27. The van der Waals surface area contributed by atoms with Gasteiger partial charge in [0, 0.05) is 6.54 Å². The molecule has 1 N–H and O–H groups in total. The van der Waals surface area contributed by atoms with Gasteiger partial charge in [0.05, 0.1) is 18.7 Å². The van der Waals surface area contributed by atoms with Crippen LogP contribution in [-0.4, -0.2) is 31.0 Å². The molecule has 0 radical (unpaired) electrons. The Morgan fingerprint density at radius 1 is 0.867 bits per heavy atom. The van der Waals surface area contributed by atoms with Crippen molar-refractivity contribution in [1.82, 2.24) is 5.32 Å². The normalized spacial score (nSPS) is 15.1. The van der Waals surface area contributed by atoms with E-state index in [0.29, 0.717) is 18.0 Å². The molecule has 1 aliphatic rings. The Balaban J connectivity index is 1.44. The third-order valence-corrected chi connectivity index (χ3v) is 5.12. The lowest BCUT2D eigenvalue weighted by molar-refractivity contribution is -0.128. The summed E-state index contributed by atoms with van der Waals surface area (Å²) in [6, 6.07) is 27.0. The molecule has 0 spiro atoms. The number of ether oxygens (including phenoxy) is 1. The van der Waals surface area contributed by atoms with Gasteiger partial charge < -0.3 is 15.0 Å². The second-order valence-electron chi connectivity index (χ2n) is 7.27. The molecular formula is C25H24N2O3. The van der Waals surface area contributed by atoms with Gasteiger partial charge in [0.15, 0.2) is 6.10 Å².